The summed E-state index contributed by atoms with van der Waals surface area (Å²) in [6, 6.07) is 0. The van der Waals surface area contributed by atoms with Gasteiger partial charge >= 0.3 is 0 Å². The maximum Gasteiger partial charge on any atom is 0.264 e. The van der Waals surface area contributed by atoms with Crippen LogP contribution < -0.4 is 5.50 Å². The highest BCUT2D eigenvalue weighted by molar-refractivity contribution is 7.55. The van der Waals surface area contributed by atoms with Gasteiger partial charge in [-0.3, -0.25) is 10.1 Å². The Labute approximate surface area is 55.8 Å². The van der Waals surface area contributed by atoms with Crippen molar-refractivity contribution in [1.82, 2.24) is 0 Å². The molecule has 0 aliphatic carbocycles. The van der Waals surface area contributed by atoms with Gasteiger partial charge in [0.2, 0.25) is 0 Å². The number of hydrogen-bond acceptors (Lipinski definition) is 1. The van der Waals surface area contributed by atoms with Gasteiger partial charge in [-0.05, 0) is 6.42 Å². The van der Waals surface area contributed by atoms with Crippen LogP contribution in [0.25, 0.3) is 0 Å². The molecule has 0 radical (unpaired) electrons. The Bertz CT molecular complexity index is 110. The average molecular weight is 151 g/mol. The maximum absolute atomic E-state index is 10.4. The minimum absolute atomic E-state index is 0.265. The van der Waals surface area contributed by atoms with Gasteiger partial charge < -0.3 is 4.89 Å². The molecule has 0 bridgehead atoms. The fourth-order valence-corrected chi connectivity index (χ4v) is 1.27. The molecule has 0 aliphatic heterocycles. The summed E-state index contributed by atoms with van der Waals surface area (Å²) in [5, 5.41) is 0. The molecule has 1 unspecified atom stereocenters. The van der Waals surface area contributed by atoms with Crippen molar-refractivity contribution in [2.75, 3.05) is 6.16 Å². The second-order valence-corrected chi connectivity index (χ2v) is 4.14. The van der Waals surface area contributed by atoms with Crippen molar-refractivity contribution in [2.24, 2.45) is 5.50 Å². The lowest BCUT2D eigenvalue weighted by molar-refractivity contribution is 0.476. The lowest BCUT2D eigenvalue weighted by atomic mass is 10.3. The van der Waals surface area contributed by atoms with Crippen molar-refractivity contribution < 1.29 is 9.46 Å². The van der Waals surface area contributed by atoms with Crippen LogP contribution in [-0.2, 0) is 4.57 Å². The summed E-state index contributed by atoms with van der Waals surface area (Å²) in [4.78, 5) is 8.58. The first-order valence-electron chi connectivity index (χ1n) is 3.16. The zero-order valence-electron chi connectivity index (χ0n) is 5.71. The standard InChI is InChI=1S/C5H14NO2P/c1-2-3-4-5-9(6,7)8/h2-5H2,1H3,(H3,6,7,8). The lowest BCUT2D eigenvalue weighted by Crippen LogP contribution is -1.97. The van der Waals surface area contributed by atoms with Crippen LogP contribution in [0, 0.1) is 0 Å². The molecule has 56 valence electrons. The van der Waals surface area contributed by atoms with Crippen molar-refractivity contribution >= 4 is 7.52 Å². The molecule has 0 amide bonds. The summed E-state index contributed by atoms with van der Waals surface area (Å²) < 4.78 is 10.4. The maximum atomic E-state index is 10.4. The number of unbranched alkanes of at least 4 members (excludes halogenated alkanes) is 2. The molecule has 0 saturated carbocycles. The van der Waals surface area contributed by atoms with E-state index < -0.39 is 7.52 Å². The van der Waals surface area contributed by atoms with E-state index >= 15 is 0 Å². The Hall–Kier alpha value is 0.150. The van der Waals surface area contributed by atoms with Gasteiger partial charge in [0.1, 0.15) is 0 Å². The SMILES string of the molecule is CCCCCP(N)(=O)O. The highest BCUT2D eigenvalue weighted by atomic mass is 31.2. The molecule has 0 spiro atoms. The number of nitrogens with two attached hydrogens (primary N) is 1. The molecule has 0 aliphatic rings. The minimum atomic E-state index is -3.20. The molecule has 9 heavy (non-hydrogen) atoms. The van der Waals surface area contributed by atoms with Crippen LogP contribution in [0.1, 0.15) is 26.2 Å². The molecule has 1 atom stereocenters. The first-order valence-corrected chi connectivity index (χ1v) is 5.08. The molecular weight excluding hydrogens is 137 g/mol. The largest absolute Gasteiger partial charge is 0.333 e. The van der Waals surface area contributed by atoms with Crippen molar-refractivity contribution in [2.45, 2.75) is 26.2 Å². The lowest BCUT2D eigenvalue weighted by Gasteiger charge is -2.01. The van der Waals surface area contributed by atoms with Crippen LogP contribution in [0.15, 0.2) is 0 Å². The normalized spacial score (nSPS) is 17.2. The van der Waals surface area contributed by atoms with Gasteiger partial charge in [-0.25, -0.2) is 0 Å². The Morgan fingerprint density at radius 3 is 2.44 bits per heavy atom. The fourth-order valence-electron chi connectivity index (χ4n) is 0.588. The highest BCUT2D eigenvalue weighted by Gasteiger charge is 2.07. The van der Waals surface area contributed by atoms with E-state index in [9.17, 15) is 4.57 Å². The predicted octanol–water partition coefficient (Wildman–Crippen LogP) is 1.32. The first-order chi connectivity index (χ1) is 4.06. The molecule has 3 nitrogen and oxygen atoms in total. The minimum Gasteiger partial charge on any atom is -0.333 e. The third-order valence-electron chi connectivity index (χ3n) is 1.08. The zero-order valence-corrected chi connectivity index (χ0v) is 6.60. The highest BCUT2D eigenvalue weighted by Crippen LogP contribution is 2.30. The second-order valence-electron chi connectivity index (χ2n) is 2.19. The van der Waals surface area contributed by atoms with E-state index in [4.69, 9.17) is 10.4 Å². The van der Waals surface area contributed by atoms with Crippen molar-refractivity contribution in [3.8, 4) is 0 Å². The summed E-state index contributed by atoms with van der Waals surface area (Å²) in [7, 11) is -3.20. The summed E-state index contributed by atoms with van der Waals surface area (Å²) in [6.45, 7) is 2.04. The molecule has 0 aromatic carbocycles. The molecule has 4 heteroatoms. The van der Waals surface area contributed by atoms with Crippen molar-refractivity contribution in [1.29, 1.82) is 0 Å². The summed E-state index contributed by atoms with van der Waals surface area (Å²) in [6.07, 6.45) is 3.07. The zero-order chi connectivity index (χ0) is 7.33. The predicted molar refractivity (Wildman–Crippen MR) is 38.4 cm³/mol. The Kier molecular flexibility index (Phi) is 4.11. The summed E-state index contributed by atoms with van der Waals surface area (Å²) in [5.41, 5.74) is 4.89. The number of rotatable bonds is 4. The van der Waals surface area contributed by atoms with Crippen LogP contribution in [-0.4, -0.2) is 11.1 Å². The van der Waals surface area contributed by atoms with Gasteiger partial charge in [0, 0.05) is 6.16 Å². The molecule has 0 fully saturated rings. The van der Waals surface area contributed by atoms with Crippen LogP contribution in [0.4, 0.5) is 0 Å². The van der Waals surface area contributed by atoms with Crippen molar-refractivity contribution in [3.63, 3.8) is 0 Å². The third-order valence-corrected chi connectivity index (χ3v) is 2.04. The molecule has 0 saturated heterocycles. The average Bonchev–Trinajstić information content (AvgIpc) is 1.63. The molecule has 0 heterocycles. The molecule has 0 aromatic heterocycles. The van der Waals surface area contributed by atoms with E-state index in [0.29, 0.717) is 0 Å². The van der Waals surface area contributed by atoms with Crippen molar-refractivity contribution in [3.05, 3.63) is 0 Å². The topological polar surface area (TPSA) is 63.3 Å². The molecule has 0 aromatic rings. The monoisotopic (exact) mass is 151 g/mol. The Morgan fingerprint density at radius 2 is 2.11 bits per heavy atom. The van der Waals surface area contributed by atoms with Gasteiger partial charge in [0.15, 0.2) is 0 Å². The number of hydrogen-bond donors (Lipinski definition) is 2. The quantitative estimate of drug-likeness (QED) is 0.470. The second kappa shape index (κ2) is 4.04. The van der Waals surface area contributed by atoms with Gasteiger partial charge in [0.05, 0.1) is 0 Å². The fraction of sp³-hybridized carbons (Fsp3) is 1.00. The van der Waals surface area contributed by atoms with Gasteiger partial charge in [-0.15, -0.1) is 0 Å². The van der Waals surface area contributed by atoms with Crippen LogP contribution in [0.5, 0.6) is 0 Å². The van der Waals surface area contributed by atoms with E-state index in [0.717, 1.165) is 19.3 Å². The third kappa shape index (κ3) is 8.15. The van der Waals surface area contributed by atoms with E-state index in [1.54, 1.807) is 0 Å². The Balaban J connectivity index is 3.18. The summed E-state index contributed by atoms with van der Waals surface area (Å²) in [5.74, 6) is 0. The van der Waals surface area contributed by atoms with Gasteiger partial charge in [-0.2, -0.15) is 0 Å². The van der Waals surface area contributed by atoms with Crippen LogP contribution in [0.3, 0.4) is 0 Å². The molecule has 3 N–H and O–H groups in total. The molecule has 0 rings (SSSR count). The van der Waals surface area contributed by atoms with Gasteiger partial charge in [0.25, 0.3) is 7.52 Å². The van der Waals surface area contributed by atoms with E-state index in [1.165, 1.54) is 0 Å². The van der Waals surface area contributed by atoms with Crippen LogP contribution in [0.2, 0.25) is 0 Å². The summed E-state index contributed by atoms with van der Waals surface area (Å²) >= 11 is 0. The van der Waals surface area contributed by atoms with E-state index in [1.807, 2.05) is 6.92 Å². The smallest absolute Gasteiger partial charge is 0.264 e. The van der Waals surface area contributed by atoms with Crippen LogP contribution >= 0.6 is 7.52 Å². The van der Waals surface area contributed by atoms with Gasteiger partial charge in [-0.1, -0.05) is 19.8 Å². The van der Waals surface area contributed by atoms with E-state index in [-0.39, 0.29) is 6.16 Å². The Morgan fingerprint density at radius 1 is 1.56 bits per heavy atom. The molecular formula is C5H14NO2P. The first kappa shape index (κ1) is 9.15. The van der Waals surface area contributed by atoms with E-state index in [2.05, 4.69) is 0 Å².